The summed E-state index contributed by atoms with van der Waals surface area (Å²) in [5.41, 5.74) is 6.49. The van der Waals surface area contributed by atoms with Crippen LogP contribution >= 0.6 is 21.6 Å². The van der Waals surface area contributed by atoms with Crippen LogP contribution in [-0.4, -0.2) is 155 Å². The van der Waals surface area contributed by atoms with E-state index in [1.165, 1.54) is 4.90 Å². The van der Waals surface area contributed by atoms with Gasteiger partial charge in [-0.25, -0.2) is 14.6 Å². The van der Waals surface area contributed by atoms with E-state index in [0.717, 1.165) is 152 Å². The Hall–Kier alpha value is -4.87. The maximum Gasteiger partial charge on any atom is 0.234 e. The van der Waals surface area contributed by atoms with Crippen LogP contribution in [0.25, 0.3) is 22.6 Å². The molecule has 2 amide bonds. The first kappa shape index (κ1) is 45.7. The SMILES string of the molecule is CCN(CC)c1ccc2nc3ccc(=[N+]4CCN(CC(=O)NCCSSCCNC(=O)CN5CCN(c6ccc7c(c6)OC6=CC([NH+](CC)CC)C=CC6=N7)CC5)CC4)cc-3oc2c1. The van der Waals surface area contributed by atoms with E-state index in [1.807, 2.05) is 18.2 Å². The fraction of sp³-hybridized carbons (Fsp3) is 0.479. The minimum absolute atomic E-state index is 0.0588. The van der Waals surface area contributed by atoms with Crippen LogP contribution in [0, 0.1) is 0 Å². The van der Waals surface area contributed by atoms with Crippen LogP contribution in [0.4, 0.5) is 17.1 Å². The van der Waals surface area contributed by atoms with Gasteiger partial charge in [-0.2, -0.15) is 0 Å². The first-order chi connectivity index (χ1) is 31.3. The number of carbonyl (C=O) groups is 2. The zero-order valence-electron chi connectivity index (χ0n) is 37.8. The number of hydrogen-bond acceptors (Lipinski definition) is 12. The molecule has 4 aliphatic heterocycles. The predicted molar refractivity (Wildman–Crippen MR) is 262 cm³/mol. The topological polar surface area (TPSA) is 126 Å². The second-order valence-electron chi connectivity index (χ2n) is 16.6. The molecule has 0 aromatic heterocycles. The summed E-state index contributed by atoms with van der Waals surface area (Å²) in [5, 5.41) is 7.27. The predicted octanol–water partition coefficient (Wildman–Crippen LogP) is 3.51. The Bertz CT molecular complexity index is 2390. The molecule has 6 aliphatic rings. The van der Waals surface area contributed by atoms with E-state index in [2.05, 4.69) is 117 Å². The standard InChI is InChI=1S/C48H62N10O4S2/c1-5-55(6-2)35-9-13-39-43(29-35)61-45-31-37(11-15-41(45)51-39)57-23-19-53(20-24-57)33-47(59)49-17-27-63-64-28-18-50-48(60)34-54-21-25-58(26-22-54)38-12-16-42-46(32-38)62-44-30-36(56(7-3)8-4)10-14-40(44)52-42/h9-16,29-32,35H,5-8,17-28,33-34H2,1-4H3,(H-,49,50,59,60)/p+2. The highest BCUT2D eigenvalue weighted by Crippen LogP contribution is 2.38. The molecule has 1 unspecified atom stereocenters. The number of amides is 2. The van der Waals surface area contributed by atoms with Gasteiger partial charge in [-0.1, -0.05) is 21.6 Å². The summed E-state index contributed by atoms with van der Waals surface area (Å²) in [6.07, 6.45) is 6.53. The van der Waals surface area contributed by atoms with Gasteiger partial charge < -0.3 is 34.5 Å². The Morgan fingerprint density at radius 2 is 1.55 bits per heavy atom. The maximum atomic E-state index is 12.8. The third kappa shape index (κ3) is 11.3. The number of ether oxygens (including phenoxy) is 1. The Kier molecular flexibility index (Phi) is 15.6. The number of benzene rings is 3. The lowest BCUT2D eigenvalue weighted by Gasteiger charge is -2.36. The molecule has 0 radical (unpaired) electrons. The third-order valence-corrected chi connectivity index (χ3v) is 15.0. The van der Waals surface area contributed by atoms with Crippen molar-refractivity contribution in [2.45, 2.75) is 33.7 Å². The van der Waals surface area contributed by atoms with Gasteiger partial charge in [0.05, 0.1) is 45.3 Å². The van der Waals surface area contributed by atoms with Crippen LogP contribution in [-0.2, 0) is 9.59 Å². The number of aromatic nitrogens is 1. The summed E-state index contributed by atoms with van der Waals surface area (Å²) in [7, 11) is 3.45. The lowest BCUT2D eigenvalue weighted by Crippen LogP contribution is -3.14. The minimum Gasteiger partial charge on any atom is -0.453 e. The molecule has 0 bridgehead atoms. The van der Waals surface area contributed by atoms with Crippen LogP contribution in [0.1, 0.15) is 27.7 Å². The fourth-order valence-corrected chi connectivity index (χ4v) is 10.7. The van der Waals surface area contributed by atoms with E-state index in [-0.39, 0.29) is 11.8 Å². The number of fused-ring (bicyclic) bond motifs is 4. The summed E-state index contributed by atoms with van der Waals surface area (Å²) >= 11 is 0. The maximum absolute atomic E-state index is 12.8. The van der Waals surface area contributed by atoms with Crippen molar-refractivity contribution in [2.24, 2.45) is 4.99 Å². The second-order valence-corrected chi connectivity index (χ2v) is 19.3. The number of nitrogens with zero attached hydrogens (tertiary/aromatic N) is 7. The number of anilines is 2. The normalized spacial score (nSPS) is 17.8. The van der Waals surface area contributed by atoms with Crippen molar-refractivity contribution in [1.82, 2.24) is 30.0 Å². The number of allylic oxidation sites excluding steroid dienone is 1. The zero-order valence-corrected chi connectivity index (χ0v) is 39.4. The third-order valence-electron chi connectivity index (χ3n) is 12.6. The van der Waals surface area contributed by atoms with Crippen LogP contribution in [0.2, 0.25) is 0 Å². The molecule has 4 heterocycles. The fourth-order valence-electron chi connectivity index (χ4n) is 8.87. The summed E-state index contributed by atoms with van der Waals surface area (Å²) in [4.78, 5) is 45.8. The molecule has 16 heteroatoms. The average molecular weight is 909 g/mol. The molecule has 2 aliphatic carbocycles. The molecular formula is C48H64N10O4S2+2. The molecule has 0 spiro atoms. The van der Waals surface area contributed by atoms with Crippen molar-refractivity contribution in [1.29, 1.82) is 0 Å². The Morgan fingerprint density at radius 1 is 0.844 bits per heavy atom. The molecule has 1 atom stereocenters. The summed E-state index contributed by atoms with van der Waals surface area (Å²) in [5.74, 6) is 4.17. The van der Waals surface area contributed by atoms with Gasteiger partial charge in [-0.15, -0.1) is 0 Å². The van der Waals surface area contributed by atoms with E-state index in [0.29, 0.717) is 32.2 Å². The number of nitrogens with one attached hydrogen (secondary N) is 3. The highest BCUT2D eigenvalue weighted by Gasteiger charge is 2.27. The van der Waals surface area contributed by atoms with E-state index in [4.69, 9.17) is 19.1 Å². The minimum atomic E-state index is 0.0588. The first-order valence-electron chi connectivity index (χ1n) is 23.1. The molecule has 2 aromatic rings. The summed E-state index contributed by atoms with van der Waals surface area (Å²) in [6, 6.07) is 19.0. The number of piperazine rings is 2. The molecule has 3 N–H and O–H groups in total. The monoisotopic (exact) mass is 908 g/mol. The van der Waals surface area contributed by atoms with Gasteiger partial charge in [0.15, 0.2) is 35.9 Å². The molecular weight excluding hydrogens is 845 g/mol. The number of likely N-dealkylation sites (N-methyl/N-ethyl adjacent to an activating group) is 1. The first-order valence-corrected chi connectivity index (χ1v) is 25.6. The lowest BCUT2D eigenvalue weighted by molar-refractivity contribution is -0.908. The molecule has 0 saturated carbocycles. The zero-order chi connectivity index (χ0) is 44.4. The van der Waals surface area contributed by atoms with Gasteiger partial charge >= 0.3 is 0 Å². The van der Waals surface area contributed by atoms with E-state index in [1.54, 1.807) is 21.6 Å². The van der Waals surface area contributed by atoms with Crippen molar-refractivity contribution in [3.63, 3.8) is 0 Å². The van der Waals surface area contributed by atoms with E-state index in [9.17, 15) is 9.59 Å². The summed E-state index contributed by atoms with van der Waals surface area (Å²) in [6.45, 7) is 21.4. The van der Waals surface area contributed by atoms with Gasteiger partial charge in [-0.05, 0) is 70.2 Å². The van der Waals surface area contributed by atoms with Gasteiger partial charge in [0.2, 0.25) is 17.2 Å². The van der Waals surface area contributed by atoms with Crippen molar-refractivity contribution in [3.8, 4) is 17.2 Å². The van der Waals surface area contributed by atoms with Crippen molar-refractivity contribution in [2.75, 3.05) is 126 Å². The van der Waals surface area contributed by atoms with Gasteiger partial charge in [0.25, 0.3) is 0 Å². The van der Waals surface area contributed by atoms with Crippen LogP contribution in [0.5, 0.6) is 5.75 Å². The van der Waals surface area contributed by atoms with Crippen LogP contribution in [0.3, 0.4) is 0 Å². The van der Waals surface area contributed by atoms with Crippen molar-refractivity contribution >= 4 is 67.3 Å². The quantitative estimate of drug-likeness (QED) is 0.0589. The van der Waals surface area contributed by atoms with E-state index >= 15 is 0 Å². The molecule has 8 rings (SSSR count). The molecule has 340 valence electrons. The van der Waals surface area contributed by atoms with Gasteiger partial charge in [-0.3, -0.25) is 19.4 Å². The van der Waals surface area contributed by atoms with Crippen molar-refractivity contribution in [3.05, 3.63) is 83.9 Å². The van der Waals surface area contributed by atoms with Gasteiger partial charge in [0.1, 0.15) is 28.7 Å². The second kappa shape index (κ2) is 21.9. The van der Waals surface area contributed by atoms with Gasteiger partial charge in [0, 0.05) is 99.5 Å². The number of rotatable bonds is 18. The van der Waals surface area contributed by atoms with Crippen LogP contribution in [0.15, 0.2) is 88.0 Å². The Labute approximate surface area is 385 Å². The smallest absolute Gasteiger partial charge is 0.234 e. The number of carbonyl (C=O) groups excluding carboxylic acids is 2. The highest BCUT2D eigenvalue weighted by molar-refractivity contribution is 8.76. The average Bonchev–Trinajstić information content (AvgIpc) is 3.32. The highest BCUT2D eigenvalue weighted by atomic mass is 33.1. The summed E-state index contributed by atoms with van der Waals surface area (Å²) < 4.78 is 15.1. The Morgan fingerprint density at radius 3 is 2.23 bits per heavy atom. The largest absolute Gasteiger partial charge is 0.453 e. The molecule has 64 heavy (non-hydrogen) atoms. The number of aliphatic imine (C=N–C) groups is 1. The Balaban J connectivity index is 0.681. The lowest BCUT2D eigenvalue weighted by atomic mass is 10.0. The number of hydrogen-bond donors (Lipinski definition) is 3. The molecule has 14 nitrogen and oxygen atoms in total. The van der Waals surface area contributed by atoms with E-state index < -0.39 is 0 Å². The van der Waals surface area contributed by atoms with Crippen molar-refractivity contribution < 1.29 is 23.6 Å². The molecule has 2 saturated heterocycles. The molecule has 2 aromatic carbocycles. The van der Waals surface area contributed by atoms with Crippen LogP contribution < -0.4 is 40.0 Å². The molecule has 2 fully saturated rings. The number of quaternary nitrogens is 1.